The molecule has 0 amide bonds. The molecule has 1 aromatic rings. The molecule has 0 bridgehead atoms. The van der Waals surface area contributed by atoms with E-state index in [-0.39, 0.29) is 22.0 Å². The van der Waals surface area contributed by atoms with E-state index in [4.69, 9.17) is 9.47 Å². The highest BCUT2D eigenvalue weighted by atomic mass is 32.2. The number of fused-ring (bicyclic) bond motifs is 1. The van der Waals surface area contributed by atoms with Gasteiger partial charge in [-0.1, -0.05) is 49.0 Å². The summed E-state index contributed by atoms with van der Waals surface area (Å²) in [6, 6.07) is 11.0. The lowest BCUT2D eigenvalue weighted by Crippen LogP contribution is -2.56. The molecule has 5 heteroatoms. The molecule has 1 aromatic carbocycles. The van der Waals surface area contributed by atoms with Gasteiger partial charge < -0.3 is 9.47 Å². The molecule has 0 aliphatic carbocycles. The Balaban J connectivity index is 1.86. The Morgan fingerprint density at radius 3 is 2.21 bits per heavy atom. The van der Waals surface area contributed by atoms with Crippen LogP contribution in [-0.2, 0) is 14.5 Å². The summed E-state index contributed by atoms with van der Waals surface area (Å²) in [4.78, 5) is 2.56. The van der Waals surface area contributed by atoms with Gasteiger partial charge in [0.05, 0.1) is 17.7 Å². The molecule has 0 saturated carbocycles. The third-order valence-corrected chi connectivity index (χ3v) is 9.72. The van der Waals surface area contributed by atoms with E-state index in [1.54, 1.807) is 0 Å². The third-order valence-electron chi connectivity index (χ3n) is 5.86. The number of nitrogens with zero attached hydrogens (tertiary/aromatic N) is 1. The van der Waals surface area contributed by atoms with Gasteiger partial charge >= 0.3 is 0 Å². The van der Waals surface area contributed by atoms with Crippen molar-refractivity contribution in [3.05, 3.63) is 35.9 Å². The van der Waals surface area contributed by atoms with Crippen molar-refractivity contribution in [3.8, 4) is 0 Å². The minimum Gasteiger partial charge on any atom is -0.349 e. The Morgan fingerprint density at radius 1 is 0.958 bits per heavy atom. The van der Waals surface area contributed by atoms with Gasteiger partial charge in [0, 0.05) is 16.9 Å². The number of ether oxygens (including phenoxy) is 2. The lowest BCUT2D eigenvalue weighted by molar-refractivity contribution is -0.0840. The lowest BCUT2D eigenvalue weighted by Gasteiger charge is -2.42. The summed E-state index contributed by atoms with van der Waals surface area (Å²) in [5, 5.41) is 0.0118. The van der Waals surface area contributed by atoms with E-state index in [1.807, 2.05) is 23.5 Å². The summed E-state index contributed by atoms with van der Waals surface area (Å²) < 4.78 is 13.0. The van der Waals surface area contributed by atoms with Crippen LogP contribution in [0.2, 0.25) is 0 Å². The molecule has 3 aliphatic rings. The standard InChI is InChI=1S/C19H27NO2S2/c1-12-13(2)21-18(16-10-8-7-9-11-16)20(12)17(5,6)19(24-18)22-14(3)15(4)23-19/h7-15H,1-6H3/t12-,13+,14+,15-,18+,19?/m0/s1. The van der Waals surface area contributed by atoms with E-state index in [0.29, 0.717) is 11.3 Å². The molecular formula is C19H27NO2S2. The maximum Gasteiger partial charge on any atom is 0.201 e. The molecule has 3 saturated heterocycles. The molecule has 1 unspecified atom stereocenters. The van der Waals surface area contributed by atoms with E-state index < -0.39 is 5.06 Å². The predicted octanol–water partition coefficient (Wildman–Crippen LogP) is 4.63. The smallest absolute Gasteiger partial charge is 0.201 e. The molecule has 6 atom stereocenters. The Morgan fingerprint density at radius 2 is 1.62 bits per heavy atom. The lowest BCUT2D eigenvalue weighted by atomic mass is 9.98. The SMILES string of the molecule is C[C@@H]1SC2(O[C@@H]1C)S[C@@]1(c3ccccc3)O[C@H](C)[C@H](C)N1C2(C)C. The van der Waals surface area contributed by atoms with Gasteiger partial charge in [0.2, 0.25) is 5.06 Å². The number of benzene rings is 1. The highest BCUT2D eigenvalue weighted by Crippen LogP contribution is 2.72. The van der Waals surface area contributed by atoms with Crippen LogP contribution in [0.5, 0.6) is 0 Å². The molecule has 3 fully saturated rings. The first-order chi connectivity index (χ1) is 11.2. The summed E-state index contributed by atoms with van der Waals surface area (Å²) in [5.74, 6) is 0. The first-order valence-electron chi connectivity index (χ1n) is 8.82. The van der Waals surface area contributed by atoms with Gasteiger partial charge in [-0.05, 0) is 34.6 Å². The maximum absolute atomic E-state index is 6.66. The molecule has 3 aliphatic heterocycles. The van der Waals surface area contributed by atoms with Crippen molar-refractivity contribution in [3.63, 3.8) is 0 Å². The van der Waals surface area contributed by atoms with Crippen LogP contribution < -0.4 is 0 Å². The minimum absolute atomic E-state index is 0.138. The van der Waals surface area contributed by atoms with E-state index in [9.17, 15) is 0 Å². The second-order valence-electron chi connectivity index (χ2n) is 7.74. The zero-order chi connectivity index (χ0) is 17.3. The number of thioether (sulfide) groups is 2. The van der Waals surface area contributed by atoms with E-state index in [2.05, 4.69) is 76.8 Å². The normalized spacial score (nSPS) is 47.4. The fraction of sp³-hybridized carbons (Fsp3) is 0.684. The van der Waals surface area contributed by atoms with E-state index in [1.165, 1.54) is 5.56 Å². The van der Waals surface area contributed by atoms with Crippen LogP contribution in [0, 0.1) is 0 Å². The van der Waals surface area contributed by atoms with Gasteiger partial charge in [-0.3, -0.25) is 0 Å². The number of hydrogen-bond acceptors (Lipinski definition) is 5. The van der Waals surface area contributed by atoms with E-state index >= 15 is 0 Å². The highest BCUT2D eigenvalue weighted by Gasteiger charge is 2.74. The Hall–Kier alpha value is -0.200. The molecule has 0 radical (unpaired) electrons. The van der Waals surface area contributed by atoms with Crippen LogP contribution in [0.1, 0.15) is 47.1 Å². The Bertz CT molecular complexity index is 628. The average molecular weight is 366 g/mol. The monoisotopic (exact) mass is 365 g/mol. The van der Waals surface area contributed by atoms with Crippen molar-refractivity contribution in [1.29, 1.82) is 0 Å². The van der Waals surface area contributed by atoms with Crippen LogP contribution in [0.15, 0.2) is 30.3 Å². The molecule has 3 nitrogen and oxygen atoms in total. The topological polar surface area (TPSA) is 21.7 Å². The molecule has 0 N–H and O–H groups in total. The van der Waals surface area contributed by atoms with Crippen LogP contribution in [0.25, 0.3) is 0 Å². The van der Waals surface area contributed by atoms with Crippen LogP contribution in [0.3, 0.4) is 0 Å². The zero-order valence-corrected chi connectivity index (χ0v) is 16.9. The van der Waals surface area contributed by atoms with Crippen molar-refractivity contribution in [2.24, 2.45) is 0 Å². The molecule has 24 heavy (non-hydrogen) atoms. The second-order valence-corrected chi connectivity index (χ2v) is 10.9. The molecule has 132 valence electrons. The van der Waals surface area contributed by atoms with E-state index in [0.717, 1.165) is 0 Å². The van der Waals surface area contributed by atoms with Crippen LogP contribution in [0.4, 0.5) is 0 Å². The molecule has 4 rings (SSSR count). The van der Waals surface area contributed by atoms with Crippen molar-refractivity contribution in [1.82, 2.24) is 4.90 Å². The zero-order valence-electron chi connectivity index (χ0n) is 15.3. The van der Waals surface area contributed by atoms with Crippen molar-refractivity contribution < 1.29 is 9.47 Å². The highest BCUT2D eigenvalue weighted by molar-refractivity contribution is 8.19. The fourth-order valence-electron chi connectivity index (χ4n) is 4.25. The van der Waals surface area contributed by atoms with Crippen molar-refractivity contribution >= 4 is 23.5 Å². The summed E-state index contributed by atoms with van der Waals surface area (Å²) >= 11 is 3.82. The van der Waals surface area contributed by atoms with Gasteiger partial charge in [0.25, 0.3) is 0 Å². The molecular weight excluding hydrogens is 338 g/mol. The van der Waals surface area contributed by atoms with Gasteiger partial charge in [-0.2, -0.15) is 0 Å². The minimum atomic E-state index is -0.472. The molecule has 0 aromatic heterocycles. The molecule has 3 heterocycles. The first-order valence-corrected chi connectivity index (χ1v) is 10.5. The summed E-state index contributed by atoms with van der Waals surface area (Å²) in [5.41, 5.74) is 1.08. The van der Waals surface area contributed by atoms with Gasteiger partial charge in [-0.15, -0.1) is 11.8 Å². The van der Waals surface area contributed by atoms with Crippen LogP contribution in [-0.4, -0.2) is 38.2 Å². The summed E-state index contributed by atoms with van der Waals surface area (Å²) in [7, 11) is 0. The summed E-state index contributed by atoms with van der Waals surface area (Å²) in [6.07, 6.45) is 0.443. The Labute approximate surface area is 153 Å². The fourth-order valence-corrected chi connectivity index (χ4v) is 8.43. The second kappa shape index (κ2) is 5.40. The predicted molar refractivity (Wildman–Crippen MR) is 102 cm³/mol. The number of rotatable bonds is 1. The number of hydrogen-bond donors (Lipinski definition) is 0. The van der Waals surface area contributed by atoms with Crippen LogP contribution >= 0.6 is 23.5 Å². The van der Waals surface area contributed by atoms with Gasteiger partial charge in [0.1, 0.15) is 0 Å². The maximum atomic E-state index is 6.66. The van der Waals surface area contributed by atoms with Crippen molar-refractivity contribution in [2.45, 2.75) is 79.9 Å². The van der Waals surface area contributed by atoms with Gasteiger partial charge in [0.15, 0.2) is 4.27 Å². The van der Waals surface area contributed by atoms with Crippen molar-refractivity contribution in [2.75, 3.05) is 0 Å². The average Bonchev–Trinajstić information content (AvgIpc) is 3.03. The first kappa shape index (κ1) is 17.2. The molecule has 1 spiro atoms. The summed E-state index contributed by atoms with van der Waals surface area (Å²) in [6.45, 7) is 13.6. The Kier molecular flexibility index (Phi) is 3.87. The quantitative estimate of drug-likeness (QED) is 0.722. The third kappa shape index (κ3) is 2.05. The largest absolute Gasteiger partial charge is 0.349 e. The van der Waals surface area contributed by atoms with Gasteiger partial charge in [-0.25, -0.2) is 4.90 Å².